The first-order valence-electron chi connectivity index (χ1n) is 3.92. The highest BCUT2D eigenvalue weighted by Gasteiger charge is 2.22. The maximum absolute atomic E-state index is 13.3. The zero-order valence-electron chi connectivity index (χ0n) is 6.48. The largest absolute Gasteiger partial charge is 0.324 e. The van der Waals surface area contributed by atoms with Gasteiger partial charge >= 0.3 is 0 Å². The molecule has 0 fully saturated rings. The van der Waals surface area contributed by atoms with Gasteiger partial charge in [-0.05, 0) is 30.5 Å². The van der Waals surface area contributed by atoms with E-state index in [2.05, 4.69) is 15.9 Å². The molecule has 0 saturated heterocycles. The van der Waals surface area contributed by atoms with Crippen molar-refractivity contribution in [2.24, 2.45) is 5.73 Å². The summed E-state index contributed by atoms with van der Waals surface area (Å²) in [5.74, 6) is -0.177. The topological polar surface area (TPSA) is 26.0 Å². The van der Waals surface area contributed by atoms with Crippen LogP contribution >= 0.6 is 15.9 Å². The van der Waals surface area contributed by atoms with Crippen molar-refractivity contribution in [1.82, 2.24) is 0 Å². The van der Waals surface area contributed by atoms with Crippen LogP contribution in [-0.4, -0.2) is 0 Å². The van der Waals surface area contributed by atoms with Crippen molar-refractivity contribution in [3.63, 3.8) is 0 Å². The molecule has 0 radical (unpaired) electrons. The van der Waals surface area contributed by atoms with E-state index in [1.807, 2.05) is 6.07 Å². The monoisotopic (exact) mass is 229 g/mol. The number of benzene rings is 1. The molecule has 0 aliphatic heterocycles. The first kappa shape index (κ1) is 8.20. The van der Waals surface area contributed by atoms with Crippen LogP contribution in [0.5, 0.6) is 0 Å². The van der Waals surface area contributed by atoms with Crippen LogP contribution in [-0.2, 0) is 6.42 Å². The lowest BCUT2D eigenvalue weighted by Gasteiger charge is -2.06. The molecule has 1 nitrogen and oxygen atoms in total. The molecule has 0 heterocycles. The molecule has 0 unspecified atom stereocenters. The molecule has 0 aromatic heterocycles. The number of hydrogen-bond donors (Lipinski definition) is 1. The van der Waals surface area contributed by atoms with E-state index in [1.54, 1.807) is 0 Å². The van der Waals surface area contributed by atoms with Gasteiger partial charge in [-0.2, -0.15) is 0 Å². The lowest BCUT2D eigenvalue weighted by molar-refractivity contribution is 0.588. The Kier molecular flexibility index (Phi) is 1.93. The summed E-state index contributed by atoms with van der Waals surface area (Å²) in [4.78, 5) is 0. The highest BCUT2D eigenvalue weighted by molar-refractivity contribution is 9.10. The minimum absolute atomic E-state index is 0.104. The van der Waals surface area contributed by atoms with E-state index < -0.39 is 0 Å². The number of halogens is 2. The third-order valence-electron chi connectivity index (χ3n) is 2.28. The van der Waals surface area contributed by atoms with E-state index in [9.17, 15) is 4.39 Å². The van der Waals surface area contributed by atoms with E-state index in [-0.39, 0.29) is 11.9 Å². The molecular weight excluding hydrogens is 221 g/mol. The highest BCUT2D eigenvalue weighted by atomic mass is 79.9. The van der Waals surface area contributed by atoms with Gasteiger partial charge < -0.3 is 5.73 Å². The van der Waals surface area contributed by atoms with E-state index in [0.717, 1.165) is 22.9 Å². The van der Waals surface area contributed by atoms with Crippen LogP contribution in [0.1, 0.15) is 23.6 Å². The summed E-state index contributed by atoms with van der Waals surface area (Å²) in [7, 11) is 0. The zero-order valence-corrected chi connectivity index (χ0v) is 8.07. The highest BCUT2D eigenvalue weighted by Crippen LogP contribution is 2.33. The molecule has 2 rings (SSSR count). The molecule has 1 aromatic carbocycles. The fraction of sp³-hybridized carbons (Fsp3) is 0.333. The minimum atomic E-state index is -0.177. The third kappa shape index (κ3) is 1.17. The van der Waals surface area contributed by atoms with Crippen molar-refractivity contribution in [2.45, 2.75) is 18.9 Å². The van der Waals surface area contributed by atoms with Crippen molar-refractivity contribution in [3.8, 4) is 0 Å². The molecule has 1 atom stereocenters. The summed E-state index contributed by atoms with van der Waals surface area (Å²) in [6.07, 6.45) is 1.76. The first-order valence-corrected chi connectivity index (χ1v) is 4.71. The normalized spacial score (nSPS) is 21.1. The van der Waals surface area contributed by atoms with Crippen LogP contribution < -0.4 is 5.73 Å². The Hall–Kier alpha value is -0.410. The van der Waals surface area contributed by atoms with Crippen molar-refractivity contribution in [2.75, 3.05) is 0 Å². The summed E-state index contributed by atoms with van der Waals surface area (Å²) in [6.45, 7) is 0. The number of fused-ring (bicyclic) bond motifs is 1. The summed E-state index contributed by atoms with van der Waals surface area (Å²) < 4.78 is 14.1. The minimum Gasteiger partial charge on any atom is -0.324 e. The molecule has 0 saturated carbocycles. The molecule has 2 N–H and O–H groups in total. The van der Waals surface area contributed by atoms with Gasteiger partial charge in [0.05, 0.1) is 0 Å². The Morgan fingerprint density at radius 2 is 2.25 bits per heavy atom. The number of aryl methyl sites for hydroxylation is 1. The van der Waals surface area contributed by atoms with Crippen molar-refractivity contribution >= 4 is 15.9 Å². The van der Waals surface area contributed by atoms with Gasteiger partial charge in [-0.3, -0.25) is 0 Å². The fourth-order valence-corrected chi connectivity index (χ4v) is 2.19. The Bertz CT molecular complexity index is 325. The van der Waals surface area contributed by atoms with Gasteiger partial charge in [0, 0.05) is 16.1 Å². The van der Waals surface area contributed by atoms with Crippen molar-refractivity contribution in [1.29, 1.82) is 0 Å². The first-order chi connectivity index (χ1) is 5.68. The molecule has 3 heteroatoms. The zero-order chi connectivity index (χ0) is 8.72. The molecule has 1 aromatic rings. The Balaban J connectivity index is 2.60. The Labute approximate surface area is 78.9 Å². The van der Waals surface area contributed by atoms with Crippen molar-refractivity contribution in [3.05, 3.63) is 33.5 Å². The van der Waals surface area contributed by atoms with E-state index >= 15 is 0 Å². The van der Waals surface area contributed by atoms with Gasteiger partial charge in [0.2, 0.25) is 0 Å². The number of nitrogens with two attached hydrogens (primary N) is 1. The Morgan fingerprint density at radius 3 is 3.00 bits per heavy atom. The number of hydrogen-bond acceptors (Lipinski definition) is 1. The van der Waals surface area contributed by atoms with Crippen LogP contribution in [0, 0.1) is 5.82 Å². The van der Waals surface area contributed by atoms with E-state index in [1.165, 1.54) is 6.07 Å². The lowest BCUT2D eigenvalue weighted by atomic mass is 10.1. The van der Waals surface area contributed by atoms with Crippen LogP contribution in [0.25, 0.3) is 0 Å². The SMILES string of the molecule is N[C@@H]1CCc2cc(Br)cc(F)c21. The second kappa shape index (κ2) is 2.82. The molecule has 0 amide bonds. The second-order valence-electron chi connectivity index (χ2n) is 3.11. The standard InChI is InChI=1S/C9H9BrFN/c10-6-3-5-1-2-8(12)9(5)7(11)4-6/h3-4,8H,1-2,12H2/t8-/m1/s1. The molecule has 1 aliphatic carbocycles. The summed E-state index contributed by atoms with van der Waals surface area (Å²) in [6, 6.07) is 3.32. The molecule has 12 heavy (non-hydrogen) atoms. The van der Waals surface area contributed by atoms with Gasteiger partial charge in [0.25, 0.3) is 0 Å². The number of rotatable bonds is 0. The van der Waals surface area contributed by atoms with Gasteiger partial charge in [0.1, 0.15) is 5.82 Å². The van der Waals surface area contributed by atoms with Crippen LogP contribution in [0.4, 0.5) is 4.39 Å². The lowest BCUT2D eigenvalue weighted by Crippen LogP contribution is -2.07. The van der Waals surface area contributed by atoms with Crippen LogP contribution in [0.2, 0.25) is 0 Å². The van der Waals surface area contributed by atoms with Gasteiger partial charge in [-0.15, -0.1) is 0 Å². The quantitative estimate of drug-likeness (QED) is 0.728. The van der Waals surface area contributed by atoms with Gasteiger partial charge in [-0.25, -0.2) is 4.39 Å². The molecule has 64 valence electrons. The predicted octanol–water partition coefficient (Wildman–Crippen LogP) is 2.53. The summed E-state index contributed by atoms with van der Waals surface area (Å²) in [5.41, 5.74) is 7.50. The maximum Gasteiger partial charge on any atom is 0.129 e. The average Bonchev–Trinajstić information content (AvgIpc) is 2.31. The molecule has 0 spiro atoms. The summed E-state index contributed by atoms with van der Waals surface area (Å²) >= 11 is 3.25. The van der Waals surface area contributed by atoms with Crippen molar-refractivity contribution < 1.29 is 4.39 Å². The van der Waals surface area contributed by atoms with Crippen LogP contribution in [0.3, 0.4) is 0 Å². The average molecular weight is 230 g/mol. The molecular formula is C9H9BrFN. The fourth-order valence-electron chi connectivity index (χ4n) is 1.72. The molecule has 0 bridgehead atoms. The second-order valence-corrected chi connectivity index (χ2v) is 4.02. The van der Waals surface area contributed by atoms with Crippen LogP contribution in [0.15, 0.2) is 16.6 Å². The van der Waals surface area contributed by atoms with Gasteiger partial charge in [0.15, 0.2) is 0 Å². The Morgan fingerprint density at radius 1 is 1.50 bits per heavy atom. The summed E-state index contributed by atoms with van der Waals surface area (Å²) in [5, 5.41) is 0. The van der Waals surface area contributed by atoms with Gasteiger partial charge in [-0.1, -0.05) is 15.9 Å². The smallest absolute Gasteiger partial charge is 0.129 e. The van der Waals surface area contributed by atoms with E-state index in [0.29, 0.717) is 5.56 Å². The third-order valence-corrected chi connectivity index (χ3v) is 2.73. The predicted molar refractivity (Wildman–Crippen MR) is 49.3 cm³/mol. The maximum atomic E-state index is 13.3. The molecule has 1 aliphatic rings. The van der Waals surface area contributed by atoms with E-state index in [4.69, 9.17) is 5.73 Å².